The third kappa shape index (κ3) is 2.89. The van der Waals surface area contributed by atoms with Gasteiger partial charge in [0.2, 0.25) is 5.91 Å². The number of hydrogen-bond acceptors (Lipinski definition) is 4. The quantitative estimate of drug-likeness (QED) is 0.900. The molecule has 3 rings (SSSR count). The van der Waals surface area contributed by atoms with Gasteiger partial charge in [0, 0.05) is 31.4 Å². The molecule has 0 aliphatic carbocycles. The van der Waals surface area contributed by atoms with Gasteiger partial charge in [0.25, 0.3) is 0 Å². The molecule has 1 aromatic carbocycles. The molecule has 1 aliphatic heterocycles. The molecule has 0 radical (unpaired) electrons. The van der Waals surface area contributed by atoms with Crippen molar-refractivity contribution in [3.05, 3.63) is 52.0 Å². The third-order valence-corrected chi connectivity index (χ3v) is 4.21. The fourth-order valence-electron chi connectivity index (χ4n) is 2.53. The minimum atomic E-state index is -0.0876. The van der Waals surface area contributed by atoms with E-state index in [9.17, 15) is 4.79 Å². The first-order chi connectivity index (χ1) is 9.84. The van der Waals surface area contributed by atoms with Crippen molar-refractivity contribution in [2.24, 2.45) is 0 Å². The largest absolute Gasteiger partial charge is 0.355 e. The summed E-state index contributed by atoms with van der Waals surface area (Å²) in [6.45, 7) is 2.19. The number of amides is 1. The lowest BCUT2D eigenvalue weighted by atomic mass is 9.90. The number of hydrogen-bond donors (Lipinski definition) is 2. The molecule has 20 heavy (non-hydrogen) atoms. The number of carbonyl (C=O) groups excluding carboxylic acids is 1. The topological polar surface area (TPSA) is 54.0 Å². The maximum Gasteiger partial charge on any atom is 0.228 e. The second-order valence-electron chi connectivity index (χ2n) is 4.90. The van der Waals surface area contributed by atoms with E-state index in [1.165, 1.54) is 5.56 Å². The number of rotatable bonds is 4. The molecule has 2 heterocycles. The van der Waals surface area contributed by atoms with E-state index in [1.807, 2.05) is 23.0 Å². The Morgan fingerprint density at radius 1 is 1.45 bits per heavy atom. The molecule has 0 bridgehead atoms. The molecule has 2 N–H and O–H groups in total. The van der Waals surface area contributed by atoms with Gasteiger partial charge < -0.3 is 10.6 Å². The normalized spacial score (nSPS) is 17.5. The van der Waals surface area contributed by atoms with Crippen molar-refractivity contribution < 1.29 is 4.79 Å². The van der Waals surface area contributed by atoms with Gasteiger partial charge in [0.15, 0.2) is 0 Å². The second-order valence-corrected chi connectivity index (χ2v) is 5.62. The Morgan fingerprint density at radius 2 is 2.35 bits per heavy atom. The smallest absolute Gasteiger partial charge is 0.228 e. The monoisotopic (exact) mass is 287 g/mol. The molecule has 1 aliphatic rings. The maximum atomic E-state index is 12.3. The predicted octanol–water partition coefficient (Wildman–Crippen LogP) is 1.69. The van der Waals surface area contributed by atoms with Gasteiger partial charge in [0.05, 0.1) is 17.1 Å². The van der Waals surface area contributed by atoms with Gasteiger partial charge in [-0.15, -0.1) is 11.3 Å². The van der Waals surface area contributed by atoms with Crippen LogP contribution in [-0.2, 0) is 17.8 Å². The Bertz CT molecular complexity index is 583. The zero-order valence-corrected chi connectivity index (χ0v) is 12.0. The maximum absolute atomic E-state index is 12.3. The SMILES string of the molecule is O=C(NCCc1cscn1)C1CNCc2ccccc21. The Balaban J connectivity index is 1.60. The number of fused-ring (bicyclic) bond motifs is 1. The zero-order chi connectivity index (χ0) is 13.8. The highest BCUT2D eigenvalue weighted by Gasteiger charge is 2.25. The number of benzene rings is 1. The minimum absolute atomic E-state index is 0.0876. The van der Waals surface area contributed by atoms with Crippen molar-refractivity contribution in [3.8, 4) is 0 Å². The second kappa shape index (κ2) is 6.15. The van der Waals surface area contributed by atoms with Crippen LogP contribution in [0.1, 0.15) is 22.7 Å². The molecular weight excluding hydrogens is 270 g/mol. The Kier molecular flexibility index (Phi) is 4.08. The molecule has 4 nitrogen and oxygen atoms in total. The highest BCUT2D eigenvalue weighted by Crippen LogP contribution is 2.23. The van der Waals surface area contributed by atoms with E-state index >= 15 is 0 Å². The van der Waals surface area contributed by atoms with Gasteiger partial charge >= 0.3 is 0 Å². The summed E-state index contributed by atoms with van der Waals surface area (Å²) in [6.07, 6.45) is 0.789. The first-order valence-corrected chi connectivity index (χ1v) is 7.72. The van der Waals surface area contributed by atoms with Gasteiger partial charge in [-0.2, -0.15) is 0 Å². The summed E-state index contributed by atoms with van der Waals surface area (Å²) in [6, 6.07) is 8.15. The molecule has 1 aromatic heterocycles. The van der Waals surface area contributed by atoms with Crippen LogP contribution in [0.3, 0.4) is 0 Å². The molecular formula is C15H17N3OS. The Hall–Kier alpha value is -1.72. The highest BCUT2D eigenvalue weighted by molar-refractivity contribution is 7.07. The van der Waals surface area contributed by atoms with Crippen LogP contribution in [0.5, 0.6) is 0 Å². The van der Waals surface area contributed by atoms with Gasteiger partial charge in [0.1, 0.15) is 0 Å². The van der Waals surface area contributed by atoms with Crippen LogP contribution in [0.4, 0.5) is 0 Å². The molecule has 1 unspecified atom stereocenters. The summed E-state index contributed by atoms with van der Waals surface area (Å²) in [5, 5.41) is 8.34. The van der Waals surface area contributed by atoms with Crippen LogP contribution >= 0.6 is 11.3 Å². The first kappa shape index (κ1) is 13.3. The average Bonchev–Trinajstić information content (AvgIpc) is 3.00. The molecule has 0 saturated heterocycles. The number of carbonyl (C=O) groups is 1. The van der Waals surface area contributed by atoms with E-state index in [0.717, 1.165) is 24.2 Å². The zero-order valence-electron chi connectivity index (χ0n) is 11.1. The Morgan fingerprint density at radius 3 is 3.20 bits per heavy atom. The van der Waals surface area contributed by atoms with Gasteiger partial charge in [-0.3, -0.25) is 4.79 Å². The molecule has 1 atom stereocenters. The van der Waals surface area contributed by atoms with Crippen LogP contribution < -0.4 is 10.6 Å². The van der Waals surface area contributed by atoms with E-state index in [2.05, 4.69) is 27.8 Å². The number of nitrogens with zero attached hydrogens (tertiary/aromatic N) is 1. The van der Waals surface area contributed by atoms with Crippen LogP contribution in [-0.4, -0.2) is 24.0 Å². The molecule has 0 spiro atoms. The van der Waals surface area contributed by atoms with Gasteiger partial charge in [-0.25, -0.2) is 4.98 Å². The standard InChI is InChI=1S/C15H17N3OS/c19-15(17-6-5-12-9-20-10-18-12)14-8-16-7-11-3-1-2-4-13(11)14/h1-4,9-10,14,16H,5-8H2,(H,17,19). The summed E-state index contributed by atoms with van der Waals surface area (Å²) < 4.78 is 0. The van der Waals surface area contributed by atoms with Gasteiger partial charge in [-0.05, 0) is 11.1 Å². The fourth-order valence-corrected chi connectivity index (χ4v) is 3.12. The van der Waals surface area contributed by atoms with Crippen LogP contribution in [0.15, 0.2) is 35.2 Å². The molecule has 104 valence electrons. The lowest BCUT2D eigenvalue weighted by Gasteiger charge is -2.25. The summed E-state index contributed by atoms with van der Waals surface area (Å²) in [4.78, 5) is 16.5. The van der Waals surface area contributed by atoms with Crippen molar-refractivity contribution in [2.75, 3.05) is 13.1 Å². The molecule has 0 fully saturated rings. The summed E-state index contributed by atoms with van der Waals surface area (Å²) in [7, 11) is 0. The average molecular weight is 287 g/mol. The number of nitrogens with one attached hydrogen (secondary N) is 2. The highest BCUT2D eigenvalue weighted by atomic mass is 32.1. The molecule has 2 aromatic rings. The van der Waals surface area contributed by atoms with E-state index in [0.29, 0.717) is 13.1 Å². The minimum Gasteiger partial charge on any atom is -0.355 e. The van der Waals surface area contributed by atoms with E-state index in [4.69, 9.17) is 0 Å². The van der Waals surface area contributed by atoms with E-state index in [-0.39, 0.29) is 11.8 Å². The number of thiazole rings is 1. The molecule has 5 heteroatoms. The first-order valence-electron chi connectivity index (χ1n) is 6.78. The van der Waals surface area contributed by atoms with Crippen molar-refractivity contribution in [1.29, 1.82) is 0 Å². The van der Waals surface area contributed by atoms with Crippen LogP contribution in [0.25, 0.3) is 0 Å². The van der Waals surface area contributed by atoms with Crippen molar-refractivity contribution in [3.63, 3.8) is 0 Å². The summed E-state index contributed by atoms with van der Waals surface area (Å²) >= 11 is 1.58. The Labute approximate surface area is 122 Å². The molecule has 1 amide bonds. The lowest BCUT2D eigenvalue weighted by molar-refractivity contribution is -0.122. The third-order valence-electron chi connectivity index (χ3n) is 3.57. The molecule has 0 saturated carbocycles. The predicted molar refractivity (Wildman–Crippen MR) is 79.7 cm³/mol. The lowest BCUT2D eigenvalue weighted by Crippen LogP contribution is -2.39. The van der Waals surface area contributed by atoms with Crippen LogP contribution in [0, 0.1) is 0 Å². The fraction of sp³-hybridized carbons (Fsp3) is 0.333. The van der Waals surface area contributed by atoms with Crippen molar-refractivity contribution >= 4 is 17.2 Å². The van der Waals surface area contributed by atoms with Crippen molar-refractivity contribution in [1.82, 2.24) is 15.6 Å². The van der Waals surface area contributed by atoms with E-state index < -0.39 is 0 Å². The van der Waals surface area contributed by atoms with Crippen LogP contribution in [0.2, 0.25) is 0 Å². The summed E-state index contributed by atoms with van der Waals surface area (Å²) in [5.74, 6) is 0.00950. The van der Waals surface area contributed by atoms with Gasteiger partial charge in [-0.1, -0.05) is 24.3 Å². The van der Waals surface area contributed by atoms with Crippen molar-refractivity contribution in [2.45, 2.75) is 18.9 Å². The van der Waals surface area contributed by atoms with E-state index in [1.54, 1.807) is 11.3 Å². The summed E-state index contributed by atoms with van der Waals surface area (Å²) in [5.41, 5.74) is 5.23. The number of aromatic nitrogens is 1.